The maximum atomic E-state index is 11.7. The molecular weight excluding hydrogens is 192 g/mol. The highest BCUT2D eigenvalue weighted by Gasteiger charge is 2.39. The van der Waals surface area contributed by atoms with Crippen LogP contribution < -0.4 is 11.1 Å². The van der Waals surface area contributed by atoms with Gasteiger partial charge in [0.2, 0.25) is 5.91 Å². The zero-order chi connectivity index (χ0) is 10.9. The van der Waals surface area contributed by atoms with Crippen molar-refractivity contribution in [1.29, 1.82) is 0 Å². The average Bonchev–Trinajstić information content (AvgIpc) is 2.09. The summed E-state index contributed by atoms with van der Waals surface area (Å²) in [4.78, 5) is 11.7. The molecule has 4 heteroatoms. The molecule has 0 aromatic rings. The lowest BCUT2D eigenvalue weighted by Gasteiger charge is -2.41. The van der Waals surface area contributed by atoms with E-state index in [1.165, 1.54) is 6.42 Å². The van der Waals surface area contributed by atoms with E-state index in [0.717, 1.165) is 25.7 Å². The van der Waals surface area contributed by atoms with Gasteiger partial charge in [0, 0.05) is 19.2 Å². The van der Waals surface area contributed by atoms with Crippen LogP contribution in [0.15, 0.2) is 0 Å². The van der Waals surface area contributed by atoms with Crippen LogP contribution >= 0.6 is 0 Å². The van der Waals surface area contributed by atoms with Crippen molar-refractivity contribution in [3.63, 3.8) is 0 Å². The molecule has 0 radical (unpaired) electrons. The minimum atomic E-state index is -0.157. The summed E-state index contributed by atoms with van der Waals surface area (Å²) in [6.07, 6.45) is 5.56. The lowest BCUT2D eigenvalue weighted by atomic mass is 9.77. The molecule has 2 aliphatic carbocycles. The molecule has 0 atom stereocenters. The quantitative estimate of drug-likeness (QED) is 0.715. The van der Waals surface area contributed by atoms with Crippen molar-refractivity contribution in [2.75, 3.05) is 7.11 Å². The number of rotatable bonds is 4. The first-order chi connectivity index (χ1) is 7.13. The molecule has 15 heavy (non-hydrogen) atoms. The van der Waals surface area contributed by atoms with E-state index in [2.05, 4.69) is 5.32 Å². The summed E-state index contributed by atoms with van der Waals surface area (Å²) in [5.74, 6) is 0.119. The number of methoxy groups -OCH3 is 1. The van der Waals surface area contributed by atoms with Crippen LogP contribution in [0.5, 0.6) is 0 Å². The second kappa shape index (κ2) is 4.10. The van der Waals surface area contributed by atoms with Gasteiger partial charge in [0.25, 0.3) is 0 Å². The third-order valence-electron chi connectivity index (χ3n) is 3.72. The van der Waals surface area contributed by atoms with Crippen LogP contribution in [-0.4, -0.2) is 30.7 Å². The molecule has 0 saturated heterocycles. The Balaban J connectivity index is 1.72. The van der Waals surface area contributed by atoms with Crippen LogP contribution in [0.1, 0.15) is 38.5 Å². The number of nitrogens with one attached hydrogen (secondary N) is 1. The second-order valence-electron chi connectivity index (χ2n) is 4.91. The molecule has 3 N–H and O–H groups in total. The smallest absolute Gasteiger partial charge is 0.223 e. The van der Waals surface area contributed by atoms with Gasteiger partial charge in [-0.3, -0.25) is 4.79 Å². The van der Waals surface area contributed by atoms with Crippen LogP contribution in [0.25, 0.3) is 0 Å². The van der Waals surface area contributed by atoms with E-state index >= 15 is 0 Å². The molecule has 0 aromatic heterocycles. The van der Waals surface area contributed by atoms with Gasteiger partial charge in [-0.15, -0.1) is 0 Å². The van der Waals surface area contributed by atoms with Gasteiger partial charge in [-0.05, 0) is 32.1 Å². The highest BCUT2D eigenvalue weighted by atomic mass is 16.5. The lowest BCUT2D eigenvalue weighted by molar-refractivity contribution is -0.135. The van der Waals surface area contributed by atoms with E-state index in [9.17, 15) is 4.79 Å². The minimum Gasteiger partial charge on any atom is -0.378 e. The SMILES string of the molecule is COC1(CC(=O)NC2CC(N)C2)CCC1. The molecule has 0 heterocycles. The Morgan fingerprint density at radius 1 is 1.53 bits per heavy atom. The number of carbonyl (C=O) groups excluding carboxylic acids is 1. The Bertz CT molecular complexity index is 239. The molecule has 2 rings (SSSR count). The van der Waals surface area contributed by atoms with Crippen LogP contribution in [-0.2, 0) is 9.53 Å². The van der Waals surface area contributed by atoms with E-state index in [1.54, 1.807) is 7.11 Å². The summed E-state index contributed by atoms with van der Waals surface area (Å²) < 4.78 is 5.41. The summed E-state index contributed by atoms with van der Waals surface area (Å²) >= 11 is 0. The van der Waals surface area contributed by atoms with Crippen molar-refractivity contribution in [3.8, 4) is 0 Å². The molecule has 0 aromatic carbocycles. The molecule has 2 fully saturated rings. The second-order valence-corrected chi connectivity index (χ2v) is 4.91. The van der Waals surface area contributed by atoms with Crippen molar-refractivity contribution in [1.82, 2.24) is 5.32 Å². The highest BCUT2D eigenvalue weighted by molar-refractivity contribution is 5.77. The minimum absolute atomic E-state index is 0.119. The number of hydrogen-bond donors (Lipinski definition) is 2. The third kappa shape index (κ3) is 2.32. The molecule has 0 unspecified atom stereocenters. The van der Waals surface area contributed by atoms with Crippen molar-refractivity contribution in [3.05, 3.63) is 0 Å². The summed E-state index contributed by atoms with van der Waals surface area (Å²) in [5.41, 5.74) is 5.50. The maximum Gasteiger partial charge on any atom is 0.223 e. The zero-order valence-corrected chi connectivity index (χ0v) is 9.29. The Morgan fingerprint density at radius 2 is 2.20 bits per heavy atom. The molecule has 2 aliphatic rings. The van der Waals surface area contributed by atoms with Crippen molar-refractivity contribution >= 4 is 5.91 Å². The predicted molar refractivity (Wildman–Crippen MR) is 57.3 cm³/mol. The molecule has 2 saturated carbocycles. The van der Waals surface area contributed by atoms with Crippen molar-refractivity contribution in [2.24, 2.45) is 5.73 Å². The fraction of sp³-hybridized carbons (Fsp3) is 0.909. The van der Waals surface area contributed by atoms with Crippen LogP contribution in [0.2, 0.25) is 0 Å². The topological polar surface area (TPSA) is 64.3 Å². The van der Waals surface area contributed by atoms with Gasteiger partial charge in [0.05, 0.1) is 12.0 Å². The van der Waals surface area contributed by atoms with Gasteiger partial charge in [-0.25, -0.2) is 0 Å². The van der Waals surface area contributed by atoms with E-state index in [-0.39, 0.29) is 17.6 Å². The molecule has 0 aliphatic heterocycles. The monoisotopic (exact) mass is 212 g/mol. The molecular formula is C11H20N2O2. The van der Waals surface area contributed by atoms with Gasteiger partial charge >= 0.3 is 0 Å². The Labute approximate surface area is 90.5 Å². The van der Waals surface area contributed by atoms with E-state index in [1.807, 2.05) is 0 Å². The molecule has 4 nitrogen and oxygen atoms in total. The summed E-state index contributed by atoms with van der Waals surface area (Å²) in [5, 5.41) is 3.01. The van der Waals surface area contributed by atoms with Crippen molar-refractivity contribution in [2.45, 2.75) is 56.2 Å². The molecule has 86 valence electrons. The summed E-state index contributed by atoms with van der Waals surface area (Å²) in [6, 6.07) is 0.594. The zero-order valence-electron chi connectivity index (χ0n) is 9.29. The number of hydrogen-bond acceptors (Lipinski definition) is 3. The fourth-order valence-electron chi connectivity index (χ4n) is 2.38. The van der Waals surface area contributed by atoms with Crippen LogP contribution in [0, 0.1) is 0 Å². The van der Waals surface area contributed by atoms with E-state index in [4.69, 9.17) is 10.5 Å². The average molecular weight is 212 g/mol. The Morgan fingerprint density at radius 3 is 2.60 bits per heavy atom. The normalized spacial score (nSPS) is 32.7. The molecule has 0 spiro atoms. The Kier molecular flexibility index (Phi) is 2.98. The summed E-state index contributed by atoms with van der Waals surface area (Å²) in [7, 11) is 1.70. The maximum absolute atomic E-state index is 11.7. The third-order valence-corrected chi connectivity index (χ3v) is 3.72. The summed E-state index contributed by atoms with van der Waals surface area (Å²) in [6.45, 7) is 0. The first kappa shape index (κ1) is 10.9. The highest BCUT2D eigenvalue weighted by Crippen LogP contribution is 2.38. The van der Waals surface area contributed by atoms with Gasteiger partial charge in [-0.1, -0.05) is 0 Å². The largest absolute Gasteiger partial charge is 0.378 e. The molecule has 0 bridgehead atoms. The number of amides is 1. The standard InChI is InChI=1S/C11H20N2O2/c1-15-11(3-2-4-11)7-10(14)13-9-5-8(12)6-9/h8-9H,2-7,12H2,1H3,(H,13,14). The fourth-order valence-corrected chi connectivity index (χ4v) is 2.38. The van der Waals surface area contributed by atoms with Gasteiger partial charge in [-0.2, -0.15) is 0 Å². The van der Waals surface area contributed by atoms with Crippen LogP contribution in [0.3, 0.4) is 0 Å². The van der Waals surface area contributed by atoms with Gasteiger partial charge in [0.1, 0.15) is 0 Å². The first-order valence-corrected chi connectivity index (χ1v) is 5.74. The van der Waals surface area contributed by atoms with E-state index in [0.29, 0.717) is 12.5 Å². The number of ether oxygens (including phenoxy) is 1. The first-order valence-electron chi connectivity index (χ1n) is 5.74. The lowest BCUT2D eigenvalue weighted by Crippen LogP contribution is -2.52. The van der Waals surface area contributed by atoms with E-state index < -0.39 is 0 Å². The van der Waals surface area contributed by atoms with Crippen LogP contribution in [0.4, 0.5) is 0 Å². The number of carbonyl (C=O) groups is 1. The van der Waals surface area contributed by atoms with Gasteiger partial charge in [0.15, 0.2) is 0 Å². The van der Waals surface area contributed by atoms with Gasteiger partial charge < -0.3 is 15.8 Å². The Hall–Kier alpha value is -0.610. The predicted octanol–water partition coefficient (Wildman–Crippen LogP) is 0.551. The van der Waals surface area contributed by atoms with Crippen molar-refractivity contribution < 1.29 is 9.53 Å². The number of nitrogens with two attached hydrogens (primary N) is 1. The molecule has 1 amide bonds.